The van der Waals surface area contributed by atoms with Crippen LogP contribution in [0.3, 0.4) is 0 Å². The number of carbonyl (C=O) groups is 3. The summed E-state index contributed by atoms with van der Waals surface area (Å²) in [5.74, 6) is 1.85. The monoisotopic (exact) mass is 491 g/mol. The summed E-state index contributed by atoms with van der Waals surface area (Å²) in [5.41, 5.74) is -0.277. The number of rotatable bonds is 6. The van der Waals surface area contributed by atoms with Crippen LogP contribution in [-0.4, -0.2) is 61.5 Å². The molecule has 190 valence electrons. The summed E-state index contributed by atoms with van der Waals surface area (Å²) in [6.07, 6.45) is 5.87. The highest BCUT2D eigenvalue weighted by Crippen LogP contribution is 2.39. The van der Waals surface area contributed by atoms with E-state index < -0.39 is 17.5 Å². The number of carbonyl (C=O) groups excluding carboxylic acids is 3. The van der Waals surface area contributed by atoms with Crippen molar-refractivity contribution in [3.05, 3.63) is 59.7 Å². The maximum absolute atomic E-state index is 14.0. The fourth-order valence-corrected chi connectivity index (χ4v) is 6.02. The Morgan fingerprint density at radius 1 is 0.889 bits per heavy atom. The van der Waals surface area contributed by atoms with Gasteiger partial charge in [-0.3, -0.25) is 14.5 Å². The summed E-state index contributed by atoms with van der Waals surface area (Å²) >= 11 is 0. The maximum Gasteiger partial charge on any atom is 0.326 e. The first-order valence-electron chi connectivity index (χ1n) is 12.7. The molecule has 2 aliphatic heterocycles. The van der Waals surface area contributed by atoms with Crippen LogP contribution in [0, 0.1) is 11.8 Å². The van der Waals surface area contributed by atoms with Crippen molar-refractivity contribution in [2.75, 3.05) is 33.9 Å². The van der Waals surface area contributed by atoms with Crippen LogP contribution in [0.4, 0.5) is 4.79 Å². The highest BCUT2D eigenvalue weighted by Gasteiger charge is 2.54. The lowest BCUT2D eigenvalue weighted by atomic mass is 9.75. The molecular weight excluding hydrogens is 458 g/mol. The smallest absolute Gasteiger partial charge is 0.326 e. The Morgan fingerprint density at radius 2 is 1.44 bits per heavy atom. The number of amides is 4. The van der Waals surface area contributed by atoms with Gasteiger partial charge in [-0.05, 0) is 60.1 Å². The predicted octanol–water partition coefficient (Wildman–Crippen LogP) is 3.54. The van der Waals surface area contributed by atoms with Crippen molar-refractivity contribution in [2.45, 2.75) is 37.6 Å². The number of imide groups is 1. The Morgan fingerprint density at radius 3 is 2.00 bits per heavy atom. The molecule has 2 heterocycles. The average Bonchev–Trinajstić information content (AvgIpc) is 3.18. The van der Waals surface area contributed by atoms with Gasteiger partial charge < -0.3 is 19.7 Å². The largest absolute Gasteiger partial charge is 0.497 e. The highest BCUT2D eigenvalue weighted by molar-refractivity contribution is 6.11. The Bertz CT molecular complexity index is 1080. The van der Waals surface area contributed by atoms with Gasteiger partial charge in [0.15, 0.2) is 5.54 Å². The number of ether oxygens (including phenoxy) is 2. The first-order valence-corrected chi connectivity index (χ1v) is 12.7. The van der Waals surface area contributed by atoms with Crippen molar-refractivity contribution >= 4 is 17.8 Å². The molecule has 1 saturated carbocycles. The van der Waals surface area contributed by atoms with Gasteiger partial charge in [0.05, 0.1) is 14.2 Å². The molecule has 0 unspecified atom stereocenters. The molecule has 8 nitrogen and oxygen atoms in total. The van der Waals surface area contributed by atoms with Gasteiger partial charge in [0.25, 0.3) is 5.91 Å². The van der Waals surface area contributed by atoms with Gasteiger partial charge in [-0.15, -0.1) is 0 Å². The minimum Gasteiger partial charge on any atom is -0.497 e. The Hall–Kier alpha value is -3.55. The minimum absolute atomic E-state index is 0.178. The second-order valence-corrected chi connectivity index (χ2v) is 9.96. The number of urea groups is 1. The molecule has 0 aromatic heterocycles. The molecule has 3 aliphatic rings. The van der Waals surface area contributed by atoms with Crippen LogP contribution < -0.4 is 14.8 Å². The van der Waals surface area contributed by atoms with E-state index in [1.807, 2.05) is 4.90 Å². The van der Waals surface area contributed by atoms with Crippen LogP contribution in [0.25, 0.3) is 0 Å². The molecule has 4 amide bonds. The summed E-state index contributed by atoms with van der Waals surface area (Å²) < 4.78 is 10.6. The molecule has 0 radical (unpaired) electrons. The van der Waals surface area contributed by atoms with Crippen molar-refractivity contribution in [2.24, 2.45) is 11.8 Å². The number of hydrogen-bond donors (Lipinski definition) is 1. The second kappa shape index (κ2) is 9.84. The zero-order valence-corrected chi connectivity index (χ0v) is 20.9. The van der Waals surface area contributed by atoms with Crippen LogP contribution in [-0.2, 0) is 15.1 Å². The average molecular weight is 492 g/mol. The molecule has 2 atom stereocenters. The minimum atomic E-state index is -1.45. The van der Waals surface area contributed by atoms with Gasteiger partial charge in [0, 0.05) is 13.1 Å². The Kier molecular flexibility index (Phi) is 6.60. The fourth-order valence-electron chi connectivity index (χ4n) is 6.02. The van der Waals surface area contributed by atoms with Crippen molar-refractivity contribution < 1.29 is 23.9 Å². The summed E-state index contributed by atoms with van der Waals surface area (Å²) in [6, 6.07) is 13.5. The number of methoxy groups -OCH3 is 2. The van der Waals surface area contributed by atoms with Crippen molar-refractivity contribution in [3.8, 4) is 11.5 Å². The van der Waals surface area contributed by atoms with Crippen LogP contribution in [0.1, 0.15) is 43.2 Å². The molecule has 5 rings (SSSR count). The van der Waals surface area contributed by atoms with Crippen LogP contribution in [0.15, 0.2) is 48.5 Å². The normalized spacial score (nSPS) is 23.2. The van der Waals surface area contributed by atoms with Gasteiger partial charge >= 0.3 is 6.03 Å². The van der Waals surface area contributed by atoms with Crippen molar-refractivity contribution in [1.29, 1.82) is 0 Å². The standard InChI is InChI=1S/C28H33N3O5/c1-35-23-11-7-21(8-12-23)28(22-9-13-24(36-2)14-10-22)26(33)31(27(34)29-28)18-25(32)30-16-15-19-5-3-4-6-20(19)17-30/h7-14,19-20H,3-6,15-18H2,1-2H3,(H,29,34)/t19-,20+/m0/s1. The van der Waals surface area contributed by atoms with Gasteiger partial charge in [0.2, 0.25) is 5.91 Å². The molecule has 1 N–H and O–H groups in total. The van der Waals surface area contributed by atoms with Crippen LogP contribution >= 0.6 is 0 Å². The molecule has 8 heteroatoms. The zero-order chi connectivity index (χ0) is 25.3. The highest BCUT2D eigenvalue weighted by atomic mass is 16.5. The molecular formula is C28H33N3O5. The molecule has 0 bridgehead atoms. The molecule has 1 aliphatic carbocycles. The lowest BCUT2D eigenvalue weighted by Crippen LogP contribution is -2.50. The van der Waals surface area contributed by atoms with Gasteiger partial charge in [-0.25, -0.2) is 4.79 Å². The summed E-state index contributed by atoms with van der Waals surface area (Å²) in [6.45, 7) is 1.14. The third-order valence-corrected chi connectivity index (χ3v) is 8.09. The van der Waals surface area contributed by atoms with E-state index in [0.29, 0.717) is 41.0 Å². The number of piperidine rings is 1. The molecule has 2 saturated heterocycles. The number of likely N-dealkylation sites (tertiary alicyclic amines) is 1. The van der Waals surface area contributed by atoms with E-state index in [2.05, 4.69) is 5.32 Å². The predicted molar refractivity (Wildman–Crippen MR) is 134 cm³/mol. The quantitative estimate of drug-likeness (QED) is 0.625. The lowest BCUT2D eigenvalue weighted by Gasteiger charge is -2.41. The molecule has 2 aromatic rings. The SMILES string of the molecule is COc1ccc(C2(c3ccc(OC)cc3)NC(=O)N(CC(=O)N3CC[C@@H]4CCCC[C@@H]4C3)C2=O)cc1. The third kappa shape index (κ3) is 4.18. The Balaban J connectivity index is 1.42. The van der Waals surface area contributed by atoms with E-state index in [9.17, 15) is 14.4 Å². The van der Waals surface area contributed by atoms with E-state index in [-0.39, 0.29) is 12.5 Å². The molecule has 36 heavy (non-hydrogen) atoms. The number of nitrogens with zero attached hydrogens (tertiary/aromatic N) is 2. The van der Waals surface area contributed by atoms with Gasteiger partial charge in [-0.2, -0.15) is 0 Å². The Labute approximate surface area is 211 Å². The number of hydrogen-bond acceptors (Lipinski definition) is 5. The maximum atomic E-state index is 14.0. The summed E-state index contributed by atoms with van der Waals surface area (Å²) in [7, 11) is 3.14. The molecule has 2 aromatic carbocycles. The number of nitrogens with one attached hydrogen (secondary N) is 1. The van der Waals surface area contributed by atoms with Crippen LogP contribution in [0.5, 0.6) is 11.5 Å². The van der Waals surface area contributed by atoms with Gasteiger partial charge in [-0.1, -0.05) is 43.5 Å². The topological polar surface area (TPSA) is 88.2 Å². The molecule has 0 spiro atoms. The lowest BCUT2D eigenvalue weighted by molar-refractivity contribution is -0.140. The van der Waals surface area contributed by atoms with E-state index in [1.54, 1.807) is 62.8 Å². The zero-order valence-electron chi connectivity index (χ0n) is 20.9. The molecule has 3 fully saturated rings. The first kappa shape index (κ1) is 24.2. The number of benzene rings is 2. The summed E-state index contributed by atoms with van der Waals surface area (Å²) in [5, 5.41) is 2.91. The summed E-state index contributed by atoms with van der Waals surface area (Å²) in [4.78, 5) is 43.4. The van der Waals surface area contributed by atoms with E-state index >= 15 is 0 Å². The van der Waals surface area contributed by atoms with Gasteiger partial charge in [0.1, 0.15) is 18.0 Å². The van der Waals surface area contributed by atoms with Crippen LogP contribution in [0.2, 0.25) is 0 Å². The van der Waals surface area contributed by atoms with E-state index in [4.69, 9.17) is 9.47 Å². The first-order chi connectivity index (χ1) is 17.5. The fraction of sp³-hybridized carbons (Fsp3) is 0.464. The van der Waals surface area contributed by atoms with E-state index in [0.717, 1.165) is 24.3 Å². The third-order valence-electron chi connectivity index (χ3n) is 8.09. The second-order valence-electron chi connectivity index (χ2n) is 9.96. The van der Waals surface area contributed by atoms with Crippen molar-refractivity contribution in [3.63, 3.8) is 0 Å². The number of fused-ring (bicyclic) bond motifs is 1. The van der Waals surface area contributed by atoms with E-state index in [1.165, 1.54) is 19.3 Å². The van der Waals surface area contributed by atoms with Crippen molar-refractivity contribution in [1.82, 2.24) is 15.1 Å².